The van der Waals surface area contributed by atoms with E-state index in [0.29, 0.717) is 11.3 Å². The van der Waals surface area contributed by atoms with E-state index in [2.05, 4.69) is 34.3 Å². The maximum absolute atomic E-state index is 7.32. The molecule has 1 N–H and O–H groups in total. The number of hydrogen-bond acceptors (Lipinski definition) is 6. The molecule has 0 aliphatic rings. The lowest BCUT2D eigenvalue weighted by Crippen LogP contribution is -2.12. The molecule has 3 aromatic rings. The number of rotatable bonds is 5. The first-order valence-corrected chi connectivity index (χ1v) is 7.94. The van der Waals surface area contributed by atoms with E-state index in [4.69, 9.17) is 13.6 Å². The van der Waals surface area contributed by atoms with Crippen LogP contribution in [-0.4, -0.2) is 35.4 Å². The molecule has 0 spiro atoms. The summed E-state index contributed by atoms with van der Waals surface area (Å²) in [6, 6.07) is 5.52. The summed E-state index contributed by atoms with van der Waals surface area (Å²) in [5, 5.41) is 12.2. The van der Waals surface area contributed by atoms with Crippen LogP contribution in [0, 0.1) is 6.92 Å². The Labute approximate surface area is 151 Å². The van der Waals surface area contributed by atoms with Crippen LogP contribution in [0.3, 0.4) is 0 Å². The Morgan fingerprint density at radius 3 is 2.60 bits per heavy atom. The standard InChI is InChI=1S/C19H22N4O2/c1-11(2)22-19-12(3)6-13(9-20-19)15-10-21-23-16-8-18(25-5)17(24-4)7-14(15)16/h6-11H,1-5H3,(H,20,22)/i5T3. The van der Waals surface area contributed by atoms with Gasteiger partial charge in [-0.15, -0.1) is 0 Å². The summed E-state index contributed by atoms with van der Waals surface area (Å²) in [4.78, 5) is 4.52. The number of methoxy groups -OCH3 is 2. The van der Waals surface area contributed by atoms with Crippen LogP contribution in [0.15, 0.2) is 30.6 Å². The largest absolute Gasteiger partial charge is 0.493 e. The Kier molecular flexibility index (Phi) is 3.71. The Bertz CT molecular complexity index is 1010. The average molecular weight is 344 g/mol. The number of anilines is 1. The van der Waals surface area contributed by atoms with Gasteiger partial charge in [-0.05, 0) is 38.5 Å². The summed E-state index contributed by atoms with van der Waals surface area (Å²) in [7, 11) is -1.13. The minimum Gasteiger partial charge on any atom is -0.493 e. The lowest BCUT2D eigenvalue weighted by atomic mass is 10.0. The van der Waals surface area contributed by atoms with E-state index in [1.54, 1.807) is 18.5 Å². The Balaban J connectivity index is 2.11. The molecule has 0 fully saturated rings. The monoisotopic (exact) mass is 344 g/mol. The summed E-state index contributed by atoms with van der Waals surface area (Å²) in [5.41, 5.74) is 3.19. The number of pyridine rings is 1. The summed E-state index contributed by atoms with van der Waals surface area (Å²) >= 11 is 0. The van der Waals surface area contributed by atoms with Crippen molar-refractivity contribution in [3.8, 4) is 22.6 Å². The van der Waals surface area contributed by atoms with Crippen molar-refractivity contribution in [3.05, 3.63) is 36.2 Å². The number of fused-ring (bicyclic) bond motifs is 1. The molecule has 0 bridgehead atoms. The van der Waals surface area contributed by atoms with Gasteiger partial charge in [0.15, 0.2) is 11.5 Å². The number of nitrogens with zero attached hydrogens (tertiary/aromatic N) is 3. The normalized spacial score (nSPS) is 13.2. The molecule has 25 heavy (non-hydrogen) atoms. The van der Waals surface area contributed by atoms with Crippen molar-refractivity contribution in [2.45, 2.75) is 26.8 Å². The van der Waals surface area contributed by atoms with Gasteiger partial charge in [0.2, 0.25) is 0 Å². The third-order valence-corrected chi connectivity index (χ3v) is 3.85. The van der Waals surface area contributed by atoms with E-state index >= 15 is 0 Å². The molecule has 0 aliphatic carbocycles. The maximum atomic E-state index is 7.32. The van der Waals surface area contributed by atoms with Gasteiger partial charge in [-0.3, -0.25) is 0 Å². The first-order valence-electron chi connectivity index (χ1n) is 9.44. The molecule has 0 unspecified atom stereocenters. The first kappa shape index (κ1) is 13.4. The number of aromatic nitrogens is 3. The molecule has 0 radical (unpaired) electrons. The van der Waals surface area contributed by atoms with Crippen molar-refractivity contribution >= 4 is 16.7 Å². The van der Waals surface area contributed by atoms with Gasteiger partial charge in [-0.25, -0.2) is 4.98 Å². The van der Waals surface area contributed by atoms with Crippen LogP contribution in [0.1, 0.15) is 23.5 Å². The van der Waals surface area contributed by atoms with Crippen molar-refractivity contribution in [1.82, 2.24) is 15.2 Å². The van der Waals surface area contributed by atoms with Gasteiger partial charge in [0.05, 0.1) is 30.0 Å². The van der Waals surface area contributed by atoms with Gasteiger partial charge < -0.3 is 14.8 Å². The highest BCUT2D eigenvalue weighted by Crippen LogP contribution is 2.36. The minimum atomic E-state index is -2.59. The van der Waals surface area contributed by atoms with E-state index < -0.39 is 7.04 Å². The zero-order valence-corrected chi connectivity index (χ0v) is 14.6. The zero-order chi connectivity index (χ0) is 20.5. The highest BCUT2D eigenvalue weighted by atomic mass is 16.5. The second-order valence-electron chi connectivity index (χ2n) is 6.07. The first-order chi connectivity index (χ1) is 13.2. The highest BCUT2D eigenvalue weighted by Gasteiger charge is 2.13. The fraction of sp³-hybridized carbons (Fsp3) is 0.316. The molecule has 6 nitrogen and oxygen atoms in total. The van der Waals surface area contributed by atoms with Crippen LogP contribution in [0.2, 0.25) is 0 Å². The number of benzene rings is 1. The van der Waals surface area contributed by atoms with Gasteiger partial charge in [-0.1, -0.05) is 0 Å². The van der Waals surface area contributed by atoms with Crippen LogP contribution in [0.4, 0.5) is 5.82 Å². The third kappa shape index (κ3) is 3.33. The second-order valence-corrected chi connectivity index (χ2v) is 6.07. The van der Waals surface area contributed by atoms with Gasteiger partial charge in [-0.2, -0.15) is 10.2 Å². The van der Waals surface area contributed by atoms with Crippen molar-refractivity contribution < 1.29 is 13.6 Å². The quantitative estimate of drug-likeness (QED) is 0.758. The predicted octanol–water partition coefficient (Wildman–Crippen LogP) is 3.84. The number of ether oxygens (including phenoxy) is 2. The fourth-order valence-electron chi connectivity index (χ4n) is 2.68. The van der Waals surface area contributed by atoms with E-state index in [0.717, 1.165) is 27.9 Å². The molecule has 130 valence electrons. The second kappa shape index (κ2) is 6.93. The van der Waals surface area contributed by atoms with Crippen LogP contribution in [0.25, 0.3) is 22.0 Å². The van der Waals surface area contributed by atoms with Crippen molar-refractivity contribution in [2.75, 3.05) is 19.5 Å². The lowest BCUT2D eigenvalue weighted by Gasteiger charge is -2.14. The molecule has 0 aliphatic heterocycles. The molecular weight excluding hydrogens is 316 g/mol. The molecule has 0 saturated heterocycles. The van der Waals surface area contributed by atoms with E-state index in [1.165, 1.54) is 13.2 Å². The summed E-state index contributed by atoms with van der Waals surface area (Å²) in [6.45, 7) is 6.10. The van der Waals surface area contributed by atoms with Crippen molar-refractivity contribution in [3.63, 3.8) is 0 Å². The molecule has 0 amide bonds. The average Bonchev–Trinajstić information content (AvgIpc) is 2.60. The number of nitrogens with one attached hydrogen (secondary N) is 1. The molecule has 2 heterocycles. The third-order valence-electron chi connectivity index (χ3n) is 3.85. The molecule has 6 heteroatoms. The molecule has 0 atom stereocenters. The van der Waals surface area contributed by atoms with Gasteiger partial charge in [0.25, 0.3) is 0 Å². The zero-order valence-electron chi connectivity index (χ0n) is 17.6. The van der Waals surface area contributed by atoms with E-state index in [-0.39, 0.29) is 11.8 Å². The summed E-state index contributed by atoms with van der Waals surface area (Å²) in [6.07, 6.45) is 3.42. The highest BCUT2D eigenvalue weighted by molar-refractivity contribution is 5.95. The molecule has 3 rings (SSSR count). The predicted molar refractivity (Wildman–Crippen MR) is 99.4 cm³/mol. The fourth-order valence-corrected chi connectivity index (χ4v) is 2.68. The van der Waals surface area contributed by atoms with Crippen LogP contribution in [0.5, 0.6) is 11.5 Å². The van der Waals surface area contributed by atoms with E-state index in [9.17, 15) is 0 Å². The molecule has 0 saturated carbocycles. The maximum Gasteiger partial charge on any atom is 0.162 e. The SMILES string of the molecule is [3H]C([3H])([3H])Oc1cc2nncc(-c3cnc(NC(C)C)c(C)c3)c2cc1OC. The smallest absolute Gasteiger partial charge is 0.162 e. The van der Waals surface area contributed by atoms with Crippen molar-refractivity contribution in [1.29, 1.82) is 0 Å². The van der Waals surface area contributed by atoms with Crippen LogP contribution in [-0.2, 0) is 0 Å². The Morgan fingerprint density at radius 2 is 1.92 bits per heavy atom. The lowest BCUT2D eigenvalue weighted by molar-refractivity contribution is 0.356. The van der Waals surface area contributed by atoms with Gasteiger partial charge in [0, 0.05) is 34.8 Å². The number of hydrogen-bond donors (Lipinski definition) is 1. The van der Waals surface area contributed by atoms with E-state index in [1.807, 2.05) is 13.0 Å². The van der Waals surface area contributed by atoms with Gasteiger partial charge >= 0.3 is 0 Å². The minimum absolute atomic E-state index is 0.0900. The summed E-state index contributed by atoms with van der Waals surface area (Å²) < 4.78 is 32.3. The topological polar surface area (TPSA) is 69.2 Å². The summed E-state index contributed by atoms with van der Waals surface area (Å²) in [5.74, 6) is 1.23. The molecule has 2 aromatic heterocycles. The van der Waals surface area contributed by atoms with Crippen LogP contribution >= 0.6 is 0 Å². The Hall–Kier alpha value is -2.89. The Morgan fingerprint density at radius 1 is 1.12 bits per heavy atom. The van der Waals surface area contributed by atoms with Gasteiger partial charge in [0.1, 0.15) is 5.82 Å². The van der Waals surface area contributed by atoms with Crippen molar-refractivity contribution in [2.24, 2.45) is 0 Å². The number of aryl methyl sites for hydroxylation is 1. The molecule has 1 aromatic carbocycles. The van der Waals surface area contributed by atoms with Crippen LogP contribution < -0.4 is 14.8 Å². The molecular formula is C19H22N4O2.